The monoisotopic (exact) mass is 247 g/mol. The van der Waals surface area contributed by atoms with E-state index in [9.17, 15) is 9.59 Å². The van der Waals surface area contributed by atoms with Gasteiger partial charge in [0.2, 0.25) is 0 Å². The molecule has 0 saturated carbocycles. The fourth-order valence-corrected chi connectivity index (χ4v) is 1.57. The minimum Gasteiger partial charge on any atom is -0.461 e. The van der Waals surface area contributed by atoms with Gasteiger partial charge in [-0.1, -0.05) is 18.2 Å². The van der Waals surface area contributed by atoms with Crippen molar-refractivity contribution in [3.05, 3.63) is 46.4 Å². The molecule has 0 amide bonds. The van der Waals surface area contributed by atoms with Gasteiger partial charge in [0.1, 0.15) is 5.69 Å². The lowest BCUT2D eigenvalue weighted by Crippen LogP contribution is -2.16. The zero-order valence-corrected chi connectivity index (χ0v) is 9.84. The average Bonchev–Trinajstić information content (AvgIpc) is 2.68. The number of H-pyrrole nitrogens is 1. The van der Waals surface area contributed by atoms with Crippen molar-refractivity contribution in [1.82, 2.24) is 9.78 Å². The van der Waals surface area contributed by atoms with E-state index in [1.54, 1.807) is 31.2 Å². The number of benzene rings is 1. The van der Waals surface area contributed by atoms with Crippen LogP contribution in [0, 0.1) is 0 Å². The van der Waals surface area contributed by atoms with E-state index in [0.29, 0.717) is 5.69 Å². The molecule has 6 nitrogen and oxygen atoms in total. The van der Waals surface area contributed by atoms with Gasteiger partial charge in [0, 0.05) is 0 Å². The highest BCUT2D eigenvalue weighted by Crippen LogP contribution is 2.09. The number of carbonyl (C=O) groups excluding carboxylic acids is 1. The van der Waals surface area contributed by atoms with Crippen LogP contribution < -0.4 is 11.3 Å². The maximum atomic E-state index is 11.9. The van der Waals surface area contributed by atoms with Gasteiger partial charge in [-0.3, -0.25) is 9.89 Å². The summed E-state index contributed by atoms with van der Waals surface area (Å²) in [6.07, 6.45) is 0. The molecular weight excluding hydrogens is 234 g/mol. The van der Waals surface area contributed by atoms with E-state index in [1.165, 1.54) is 4.68 Å². The lowest BCUT2D eigenvalue weighted by Gasteiger charge is -2.01. The molecule has 0 radical (unpaired) electrons. The van der Waals surface area contributed by atoms with Gasteiger partial charge in [-0.15, -0.1) is 0 Å². The van der Waals surface area contributed by atoms with Crippen LogP contribution in [0.2, 0.25) is 0 Å². The number of nitrogens with one attached hydrogen (secondary N) is 1. The minimum absolute atomic E-state index is 0.0225. The summed E-state index contributed by atoms with van der Waals surface area (Å²) in [5.41, 5.74) is 5.58. The smallest absolute Gasteiger partial charge is 0.358 e. The first-order valence-electron chi connectivity index (χ1n) is 5.48. The lowest BCUT2D eigenvalue weighted by atomic mass is 10.3. The molecule has 3 N–H and O–H groups in total. The molecule has 94 valence electrons. The minimum atomic E-state index is -0.637. The van der Waals surface area contributed by atoms with E-state index < -0.39 is 11.5 Å². The summed E-state index contributed by atoms with van der Waals surface area (Å²) in [5.74, 6) is -0.637. The van der Waals surface area contributed by atoms with E-state index in [0.717, 1.165) is 0 Å². The molecule has 0 fully saturated rings. The van der Waals surface area contributed by atoms with Crippen molar-refractivity contribution in [3.63, 3.8) is 0 Å². The zero-order chi connectivity index (χ0) is 13.1. The van der Waals surface area contributed by atoms with Crippen LogP contribution in [0.25, 0.3) is 5.69 Å². The number of nitrogen functional groups attached to an aromatic ring is 1. The summed E-state index contributed by atoms with van der Waals surface area (Å²) < 4.78 is 6.02. The van der Waals surface area contributed by atoms with Crippen LogP contribution >= 0.6 is 0 Å². The second kappa shape index (κ2) is 4.79. The van der Waals surface area contributed by atoms with Crippen LogP contribution in [0.1, 0.15) is 17.4 Å². The first-order chi connectivity index (χ1) is 8.65. The Bertz CT molecular complexity index is 613. The van der Waals surface area contributed by atoms with Gasteiger partial charge in [-0.05, 0) is 19.1 Å². The predicted octanol–water partition coefficient (Wildman–Crippen LogP) is 0.925. The number of aromatic nitrogens is 2. The molecule has 0 aliphatic rings. The Morgan fingerprint density at radius 1 is 1.39 bits per heavy atom. The normalized spacial score (nSPS) is 10.3. The second-order valence-electron chi connectivity index (χ2n) is 3.60. The van der Waals surface area contributed by atoms with Gasteiger partial charge in [0.05, 0.1) is 12.3 Å². The Morgan fingerprint density at radius 3 is 2.67 bits per heavy atom. The van der Waals surface area contributed by atoms with E-state index in [1.807, 2.05) is 6.07 Å². The Hall–Kier alpha value is -2.50. The number of anilines is 1. The van der Waals surface area contributed by atoms with Crippen molar-refractivity contribution in [3.8, 4) is 5.69 Å². The molecule has 1 heterocycles. The van der Waals surface area contributed by atoms with Crippen molar-refractivity contribution in [1.29, 1.82) is 0 Å². The third kappa shape index (κ3) is 2.00. The number of carbonyl (C=O) groups is 1. The fourth-order valence-electron chi connectivity index (χ4n) is 1.57. The molecule has 0 atom stereocenters. The molecule has 0 saturated heterocycles. The third-order valence-electron chi connectivity index (χ3n) is 2.42. The molecule has 0 aliphatic carbocycles. The number of rotatable bonds is 3. The van der Waals surface area contributed by atoms with Gasteiger partial charge in [0.15, 0.2) is 5.69 Å². The summed E-state index contributed by atoms with van der Waals surface area (Å²) in [4.78, 5) is 23.5. The van der Waals surface area contributed by atoms with Gasteiger partial charge >= 0.3 is 5.97 Å². The van der Waals surface area contributed by atoms with Crippen LogP contribution in [-0.2, 0) is 4.74 Å². The number of hydrogen-bond acceptors (Lipinski definition) is 4. The van der Waals surface area contributed by atoms with Gasteiger partial charge < -0.3 is 10.5 Å². The standard InChI is InChI=1S/C12H13N3O3/c1-2-18-12(17)10-9(13)11(16)15(14-10)8-6-4-3-5-7-8/h3-7,14H,2,13H2,1H3. The highest BCUT2D eigenvalue weighted by Gasteiger charge is 2.19. The largest absolute Gasteiger partial charge is 0.461 e. The lowest BCUT2D eigenvalue weighted by molar-refractivity contribution is 0.0520. The van der Waals surface area contributed by atoms with Crippen LogP contribution in [0.3, 0.4) is 0 Å². The second-order valence-corrected chi connectivity index (χ2v) is 3.60. The van der Waals surface area contributed by atoms with Crippen LogP contribution in [0.5, 0.6) is 0 Å². The van der Waals surface area contributed by atoms with E-state index in [-0.39, 0.29) is 18.0 Å². The van der Waals surface area contributed by atoms with Crippen LogP contribution in [0.4, 0.5) is 5.69 Å². The summed E-state index contributed by atoms with van der Waals surface area (Å²) in [5, 5.41) is 2.66. The molecule has 0 spiro atoms. The number of nitrogens with two attached hydrogens (primary N) is 1. The highest BCUT2D eigenvalue weighted by molar-refractivity contribution is 5.92. The topological polar surface area (TPSA) is 90.1 Å². The number of para-hydroxylation sites is 1. The van der Waals surface area contributed by atoms with E-state index in [4.69, 9.17) is 10.5 Å². The van der Waals surface area contributed by atoms with Crippen molar-refractivity contribution in [2.24, 2.45) is 0 Å². The quantitative estimate of drug-likeness (QED) is 0.789. The number of aromatic amines is 1. The van der Waals surface area contributed by atoms with E-state index >= 15 is 0 Å². The van der Waals surface area contributed by atoms with E-state index in [2.05, 4.69) is 5.10 Å². The van der Waals surface area contributed by atoms with Crippen molar-refractivity contribution in [2.45, 2.75) is 6.92 Å². The van der Waals surface area contributed by atoms with Crippen LogP contribution in [0.15, 0.2) is 35.1 Å². The average molecular weight is 247 g/mol. The van der Waals surface area contributed by atoms with Gasteiger partial charge in [-0.2, -0.15) is 0 Å². The maximum absolute atomic E-state index is 11.9. The number of nitrogens with zero attached hydrogens (tertiary/aromatic N) is 1. The summed E-state index contributed by atoms with van der Waals surface area (Å²) in [6, 6.07) is 8.84. The van der Waals surface area contributed by atoms with Crippen LogP contribution in [-0.4, -0.2) is 22.4 Å². The number of ether oxygens (including phenoxy) is 1. The molecule has 6 heteroatoms. The number of hydrogen-bond donors (Lipinski definition) is 2. The van der Waals surface area contributed by atoms with Crippen molar-refractivity contribution in [2.75, 3.05) is 12.3 Å². The molecule has 18 heavy (non-hydrogen) atoms. The molecular formula is C12H13N3O3. The predicted molar refractivity (Wildman–Crippen MR) is 66.8 cm³/mol. The molecule has 1 aromatic heterocycles. The number of esters is 1. The molecule has 0 bridgehead atoms. The maximum Gasteiger partial charge on any atom is 0.358 e. The molecule has 2 rings (SSSR count). The fraction of sp³-hybridized carbons (Fsp3) is 0.167. The summed E-state index contributed by atoms with van der Waals surface area (Å²) >= 11 is 0. The van der Waals surface area contributed by atoms with Gasteiger partial charge in [0.25, 0.3) is 5.56 Å². The Kier molecular flexibility index (Phi) is 3.18. The highest BCUT2D eigenvalue weighted by atomic mass is 16.5. The molecule has 0 aliphatic heterocycles. The zero-order valence-electron chi connectivity index (χ0n) is 9.84. The van der Waals surface area contributed by atoms with Gasteiger partial charge in [-0.25, -0.2) is 9.48 Å². The summed E-state index contributed by atoms with van der Waals surface area (Å²) in [7, 11) is 0. The third-order valence-corrected chi connectivity index (χ3v) is 2.42. The Balaban J connectivity index is 2.50. The Labute approximate surface area is 103 Å². The van der Waals surface area contributed by atoms with Crippen molar-refractivity contribution >= 4 is 11.7 Å². The Morgan fingerprint density at radius 2 is 2.06 bits per heavy atom. The first-order valence-corrected chi connectivity index (χ1v) is 5.48. The molecule has 2 aromatic rings. The molecule has 0 unspecified atom stereocenters. The first kappa shape index (κ1) is 12.0. The van der Waals surface area contributed by atoms with Crippen molar-refractivity contribution < 1.29 is 9.53 Å². The molecule has 1 aromatic carbocycles. The SMILES string of the molecule is CCOC(=O)c1[nH]n(-c2ccccc2)c(=O)c1N. The summed E-state index contributed by atoms with van der Waals surface area (Å²) in [6.45, 7) is 1.90.